The van der Waals surface area contributed by atoms with E-state index < -0.39 is 0 Å². The molecule has 0 aliphatic heterocycles. The van der Waals surface area contributed by atoms with Crippen LogP contribution in [-0.2, 0) is 0 Å². The average molecular weight is 258 g/mol. The van der Waals surface area contributed by atoms with Crippen molar-refractivity contribution in [2.75, 3.05) is 0 Å². The maximum atomic E-state index is 9.61. The topological polar surface area (TPSA) is 59.2 Å². The lowest BCUT2D eigenvalue weighted by molar-refractivity contribution is 0.427. The number of benzene rings is 1. The number of hydrogen-bond acceptors (Lipinski definition) is 5. The molecule has 0 saturated heterocycles. The lowest BCUT2D eigenvalue weighted by Crippen LogP contribution is -1.81. The molecule has 1 N–H and O–H groups in total. The third kappa shape index (κ3) is 1.89. The van der Waals surface area contributed by atoms with Gasteiger partial charge in [0.2, 0.25) is 5.82 Å². The van der Waals surface area contributed by atoms with Gasteiger partial charge in [0.15, 0.2) is 0 Å². The highest BCUT2D eigenvalue weighted by Gasteiger charge is 2.14. The van der Waals surface area contributed by atoms with E-state index in [9.17, 15) is 5.11 Å². The van der Waals surface area contributed by atoms with Crippen molar-refractivity contribution >= 4 is 11.3 Å². The van der Waals surface area contributed by atoms with Crippen LogP contribution in [0.25, 0.3) is 22.2 Å². The number of nitrogens with zero attached hydrogens (tertiary/aromatic N) is 2. The fourth-order valence-corrected chi connectivity index (χ4v) is 2.39. The maximum absolute atomic E-state index is 9.61. The SMILES string of the molecule is Cc1cccc(-c2noc(-c3sccc3O)n2)c1. The first kappa shape index (κ1) is 11.0. The predicted octanol–water partition coefficient (Wildman–Crippen LogP) is 3.48. The van der Waals surface area contributed by atoms with Gasteiger partial charge in [-0.3, -0.25) is 0 Å². The fourth-order valence-electron chi connectivity index (χ4n) is 1.68. The molecule has 0 spiro atoms. The van der Waals surface area contributed by atoms with Gasteiger partial charge < -0.3 is 9.63 Å². The largest absolute Gasteiger partial charge is 0.506 e. The van der Waals surface area contributed by atoms with Crippen LogP contribution in [0.4, 0.5) is 0 Å². The van der Waals surface area contributed by atoms with Crippen LogP contribution in [0.1, 0.15) is 5.56 Å². The van der Waals surface area contributed by atoms with E-state index in [4.69, 9.17) is 4.52 Å². The normalized spacial score (nSPS) is 10.7. The summed E-state index contributed by atoms with van der Waals surface area (Å²) in [5.74, 6) is 1.04. The molecule has 1 aromatic carbocycles. The third-order valence-corrected chi connectivity index (χ3v) is 3.43. The van der Waals surface area contributed by atoms with Crippen LogP contribution in [0.3, 0.4) is 0 Å². The standard InChI is InChI=1S/C13H10N2O2S/c1-8-3-2-4-9(7-8)12-14-13(17-15-12)11-10(16)5-6-18-11/h2-7,16H,1H3. The molecule has 5 heteroatoms. The maximum Gasteiger partial charge on any atom is 0.272 e. The molecule has 0 fully saturated rings. The number of aromatic hydroxyl groups is 1. The van der Waals surface area contributed by atoms with E-state index in [1.54, 1.807) is 11.4 Å². The van der Waals surface area contributed by atoms with Gasteiger partial charge in [0.05, 0.1) is 0 Å². The number of aryl methyl sites for hydroxylation is 1. The van der Waals surface area contributed by atoms with E-state index in [1.807, 2.05) is 31.2 Å². The fraction of sp³-hybridized carbons (Fsp3) is 0.0769. The lowest BCUT2D eigenvalue weighted by atomic mass is 10.1. The van der Waals surface area contributed by atoms with Gasteiger partial charge in [-0.2, -0.15) is 4.98 Å². The van der Waals surface area contributed by atoms with Crippen LogP contribution in [0.2, 0.25) is 0 Å². The number of thiophene rings is 1. The lowest BCUT2D eigenvalue weighted by Gasteiger charge is -1.95. The molecule has 3 aromatic rings. The molecule has 2 aromatic heterocycles. The van der Waals surface area contributed by atoms with Crippen molar-refractivity contribution in [3.05, 3.63) is 41.3 Å². The summed E-state index contributed by atoms with van der Waals surface area (Å²) in [5, 5.41) is 15.3. The Morgan fingerprint density at radius 3 is 2.89 bits per heavy atom. The molecule has 4 nitrogen and oxygen atoms in total. The van der Waals surface area contributed by atoms with E-state index >= 15 is 0 Å². The van der Waals surface area contributed by atoms with Crippen molar-refractivity contribution in [1.29, 1.82) is 0 Å². The van der Waals surface area contributed by atoms with E-state index in [2.05, 4.69) is 10.1 Å². The molecular weight excluding hydrogens is 248 g/mol. The van der Waals surface area contributed by atoms with Crippen LogP contribution in [0, 0.1) is 6.92 Å². The first-order valence-electron chi connectivity index (χ1n) is 5.41. The van der Waals surface area contributed by atoms with Crippen LogP contribution < -0.4 is 0 Å². The molecule has 0 atom stereocenters. The van der Waals surface area contributed by atoms with Crippen molar-refractivity contribution < 1.29 is 9.63 Å². The minimum absolute atomic E-state index is 0.166. The van der Waals surface area contributed by atoms with Gasteiger partial charge >= 0.3 is 0 Å². The minimum atomic E-state index is 0.166. The van der Waals surface area contributed by atoms with Gasteiger partial charge in [0.1, 0.15) is 10.6 Å². The molecule has 0 bridgehead atoms. The number of rotatable bonds is 2. The highest BCUT2D eigenvalue weighted by Crippen LogP contribution is 2.34. The summed E-state index contributed by atoms with van der Waals surface area (Å²) in [7, 11) is 0. The number of hydrogen-bond donors (Lipinski definition) is 1. The Balaban J connectivity index is 2.02. The van der Waals surface area contributed by atoms with E-state index in [-0.39, 0.29) is 5.75 Å². The highest BCUT2D eigenvalue weighted by molar-refractivity contribution is 7.13. The summed E-state index contributed by atoms with van der Waals surface area (Å²) in [6.45, 7) is 2.01. The van der Waals surface area contributed by atoms with Gasteiger partial charge in [-0.15, -0.1) is 11.3 Å². The van der Waals surface area contributed by atoms with Gasteiger partial charge in [-0.1, -0.05) is 28.9 Å². The zero-order chi connectivity index (χ0) is 12.5. The highest BCUT2D eigenvalue weighted by atomic mass is 32.1. The number of aromatic nitrogens is 2. The van der Waals surface area contributed by atoms with Crippen molar-refractivity contribution in [2.45, 2.75) is 6.92 Å². The van der Waals surface area contributed by atoms with E-state index in [1.165, 1.54) is 11.3 Å². The smallest absolute Gasteiger partial charge is 0.272 e. The Hall–Kier alpha value is -2.14. The second-order valence-corrected chi connectivity index (χ2v) is 4.84. The molecule has 0 saturated carbocycles. The second-order valence-electron chi connectivity index (χ2n) is 3.93. The Bertz CT molecular complexity index is 688. The minimum Gasteiger partial charge on any atom is -0.506 e. The molecule has 0 unspecified atom stereocenters. The van der Waals surface area contributed by atoms with Crippen molar-refractivity contribution in [1.82, 2.24) is 10.1 Å². The first-order chi connectivity index (χ1) is 8.74. The average Bonchev–Trinajstić information content (AvgIpc) is 2.97. The molecule has 2 heterocycles. The summed E-state index contributed by atoms with van der Waals surface area (Å²) in [4.78, 5) is 4.90. The third-order valence-electron chi connectivity index (χ3n) is 2.54. The molecule has 0 aliphatic carbocycles. The summed E-state index contributed by atoms with van der Waals surface area (Å²) in [6, 6.07) is 9.48. The van der Waals surface area contributed by atoms with E-state index in [0.717, 1.165) is 11.1 Å². The summed E-state index contributed by atoms with van der Waals surface area (Å²) < 4.78 is 5.17. The summed E-state index contributed by atoms with van der Waals surface area (Å²) in [6.07, 6.45) is 0. The predicted molar refractivity (Wildman–Crippen MR) is 69.4 cm³/mol. The Kier molecular flexibility index (Phi) is 2.60. The zero-order valence-corrected chi connectivity index (χ0v) is 10.4. The van der Waals surface area contributed by atoms with Crippen LogP contribution in [0.15, 0.2) is 40.2 Å². The van der Waals surface area contributed by atoms with Gasteiger partial charge in [-0.05, 0) is 24.4 Å². The van der Waals surface area contributed by atoms with Crippen molar-refractivity contribution in [3.8, 4) is 27.9 Å². The van der Waals surface area contributed by atoms with Crippen molar-refractivity contribution in [2.24, 2.45) is 0 Å². The summed E-state index contributed by atoms with van der Waals surface area (Å²) >= 11 is 1.37. The van der Waals surface area contributed by atoms with Gasteiger partial charge in [-0.25, -0.2) is 0 Å². The molecule has 0 aliphatic rings. The second kappa shape index (κ2) is 4.27. The molecule has 0 radical (unpaired) electrons. The van der Waals surface area contributed by atoms with Crippen LogP contribution in [0.5, 0.6) is 5.75 Å². The first-order valence-corrected chi connectivity index (χ1v) is 6.29. The monoisotopic (exact) mass is 258 g/mol. The van der Waals surface area contributed by atoms with Crippen LogP contribution in [-0.4, -0.2) is 15.2 Å². The van der Waals surface area contributed by atoms with Gasteiger partial charge in [0.25, 0.3) is 5.89 Å². The Morgan fingerprint density at radius 1 is 1.28 bits per heavy atom. The molecule has 0 amide bonds. The van der Waals surface area contributed by atoms with Crippen molar-refractivity contribution in [3.63, 3.8) is 0 Å². The Labute approximate surface area is 108 Å². The summed E-state index contributed by atoms with van der Waals surface area (Å²) in [5.41, 5.74) is 2.04. The van der Waals surface area contributed by atoms with Gasteiger partial charge in [0, 0.05) is 5.56 Å². The molecule has 90 valence electrons. The van der Waals surface area contributed by atoms with Crippen LogP contribution >= 0.6 is 11.3 Å². The molecular formula is C13H10N2O2S. The zero-order valence-electron chi connectivity index (χ0n) is 9.62. The van der Waals surface area contributed by atoms with E-state index in [0.29, 0.717) is 16.6 Å². The molecule has 18 heavy (non-hydrogen) atoms. The molecule has 3 rings (SSSR count). The quantitative estimate of drug-likeness (QED) is 0.764. The Morgan fingerprint density at radius 2 is 2.17 bits per heavy atom.